The summed E-state index contributed by atoms with van der Waals surface area (Å²) in [5, 5.41) is 11.0. The van der Waals surface area contributed by atoms with Crippen LogP contribution >= 0.6 is 11.6 Å². The third-order valence-electron chi connectivity index (χ3n) is 5.04. The third-order valence-corrected chi connectivity index (χ3v) is 5.37. The molecule has 2 aliphatic rings. The predicted molar refractivity (Wildman–Crippen MR) is 79.6 cm³/mol. The molecule has 1 nitrogen and oxygen atoms in total. The number of rotatable bonds is 2. The molecule has 1 aromatic rings. The number of halogens is 1. The highest BCUT2D eigenvalue weighted by atomic mass is 35.5. The van der Waals surface area contributed by atoms with E-state index in [0.29, 0.717) is 11.3 Å². The molecule has 0 aliphatic heterocycles. The summed E-state index contributed by atoms with van der Waals surface area (Å²) in [6.07, 6.45) is 6.77. The van der Waals surface area contributed by atoms with Crippen LogP contribution in [0.2, 0.25) is 5.02 Å². The maximum atomic E-state index is 10.1. The first-order valence-electron chi connectivity index (χ1n) is 7.42. The lowest BCUT2D eigenvalue weighted by Crippen LogP contribution is -2.20. The highest BCUT2D eigenvalue weighted by molar-refractivity contribution is 6.31. The second-order valence-electron chi connectivity index (χ2n) is 7.21. The Hall–Kier alpha value is -0.530. The molecule has 2 aliphatic carbocycles. The van der Waals surface area contributed by atoms with Gasteiger partial charge in [0, 0.05) is 5.02 Å². The molecule has 2 heteroatoms. The van der Waals surface area contributed by atoms with Crippen molar-refractivity contribution in [3.05, 3.63) is 34.3 Å². The molecule has 0 unspecified atom stereocenters. The first-order chi connectivity index (χ1) is 8.90. The van der Waals surface area contributed by atoms with Gasteiger partial charge in [0.25, 0.3) is 0 Å². The number of hydrogen-bond acceptors (Lipinski definition) is 1. The zero-order valence-electron chi connectivity index (χ0n) is 11.9. The van der Waals surface area contributed by atoms with E-state index in [1.165, 1.54) is 31.2 Å². The lowest BCUT2D eigenvalue weighted by Gasteiger charge is -2.35. The third kappa shape index (κ3) is 2.68. The Morgan fingerprint density at radius 3 is 2.26 bits per heavy atom. The molecule has 0 aromatic heterocycles. The van der Waals surface area contributed by atoms with Crippen molar-refractivity contribution in [1.82, 2.24) is 0 Å². The van der Waals surface area contributed by atoms with Gasteiger partial charge >= 0.3 is 0 Å². The fourth-order valence-corrected chi connectivity index (χ4v) is 3.60. The topological polar surface area (TPSA) is 20.2 Å². The molecule has 1 aromatic carbocycles. The lowest BCUT2D eigenvalue weighted by molar-refractivity contribution is 0.151. The van der Waals surface area contributed by atoms with E-state index < -0.39 is 5.60 Å². The smallest absolute Gasteiger partial charge is 0.0899 e. The first kappa shape index (κ1) is 13.5. The van der Waals surface area contributed by atoms with Crippen molar-refractivity contribution in [1.29, 1.82) is 0 Å². The van der Waals surface area contributed by atoms with Crippen molar-refractivity contribution in [3.63, 3.8) is 0 Å². The number of aliphatic hydroxyl groups is 1. The Bertz CT molecular complexity index is 478. The Labute approximate surface area is 121 Å². The van der Waals surface area contributed by atoms with Crippen LogP contribution in [0.5, 0.6) is 0 Å². The zero-order chi connectivity index (χ0) is 13.7. The van der Waals surface area contributed by atoms with Crippen LogP contribution in [0, 0.1) is 5.41 Å². The molecule has 104 valence electrons. The molecule has 0 bridgehead atoms. The average molecular weight is 279 g/mol. The molecule has 2 saturated carbocycles. The maximum absolute atomic E-state index is 10.1. The summed E-state index contributed by atoms with van der Waals surface area (Å²) in [6, 6.07) is 6.22. The van der Waals surface area contributed by atoms with E-state index in [4.69, 9.17) is 11.6 Å². The van der Waals surface area contributed by atoms with Gasteiger partial charge in [-0.05, 0) is 67.1 Å². The summed E-state index contributed by atoms with van der Waals surface area (Å²) in [7, 11) is 0. The summed E-state index contributed by atoms with van der Waals surface area (Å²) < 4.78 is 0. The molecule has 0 amide bonds. The van der Waals surface area contributed by atoms with Gasteiger partial charge in [0.05, 0.1) is 5.60 Å². The van der Waals surface area contributed by atoms with E-state index in [1.54, 1.807) is 0 Å². The molecule has 0 heterocycles. The molecule has 19 heavy (non-hydrogen) atoms. The minimum atomic E-state index is -0.573. The van der Waals surface area contributed by atoms with Crippen LogP contribution in [0.15, 0.2) is 18.2 Å². The van der Waals surface area contributed by atoms with Crippen LogP contribution in [-0.4, -0.2) is 5.11 Å². The van der Waals surface area contributed by atoms with E-state index in [9.17, 15) is 5.11 Å². The second-order valence-corrected chi connectivity index (χ2v) is 7.61. The minimum absolute atomic E-state index is 0.492. The van der Waals surface area contributed by atoms with E-state index in [0.717, 1.165) is 23.4 Å². The van der Waals surface area contributed by atoms with Crippen molar-refractivity contribution in [3.8, 4) is 0 Å². The van der Waals surface area contributed by atoms with Gasteiger partial charge in [-0.2, -0.15) is 0 Å². The van der Waals surface area contributed by atoms with Crippen molar-refractivity contribution in [2.75, 3.05) is 0 Å². The Kier molecular flexibility index (Phi) is 3.18. The summed E-state index contributed by atoms with van der Waals surface area (Å²) in [6.45, 7) is 4.72. The first-order valence-corrected chi connectivity index (χ1v) is 7.80. The zero-order valence-corrected chi connectivity index (χ0v) is 12.6. The average Bonchev–Trinajstić information content (AvgIpc) is 3.09. The summed E-state index contributed by atoms with van der Waals surface area (Å²) >= 11 is 6.46. The quantitative estimate of drug-likeness (QED) is 0.807. The van der Waals surface area contributed by atoms with Gasteiger partial charge in [0.15, 0.2) is 0 Å². The molecular formula is C17H23ClO. The maximum Gasteiger partial charge on any atom is 0.0899 e. The van der Waals surface area contributed by atoms with Crippen LogP contribution in [-0.2, 0) is 5.60 Å². The van der Waals surface area contributed by atoms with Crippen LogP contribution < -0.4 is 0 Å². The minimum Gasteiger partial charge on any atom is -0.385 e. The van der Waals surface area contributed by atoms with Crippen LogP contribution in [0.4, 0.5) is 0 Å². The standard InChI is InChI=1S/C17H23ClO/c1-16(2)7-5-12(6-8-16)14-4-3-13(11-15(14)18)17(19)9-10-17/h3-4,11-12,19H,5-10H2,1-2H3. The fraction of sp³-hybridized carbons (Fsp3) is 0.647. The van der Waals surface area contributed by atoms with E-state index in [2.05, 4.69) is 26.0 Å². The van der Waals surface area contributed by atoms with E-state index >= 15 is 0 Å². The second kappa shape index (κ2) is 4.49. The molecule has 3 rings (SSSR count). The molecule has 0 atom stereocenters. The normalized spacial score (nSPS) is 25.3. The molecule has 0 saturated heterocycles. The number of hydrogen-bond donors (Lipinski definition) is 1. The van der Waals surface area contributed by atoms with E-state index in [-0.39, 0.29) is 0 Å². The molecule has 2 fully saturated rings. The van der Waals surface area contributed by atoms with Crippen LogP contribution in [0.1, 0.15) is 69.4 Å². The van der Waals surface area contributed by atoms with Gasteiger partial charge in [-0.25, -0.2) is 0 Å². The van der Waals surface area contributed by atoms with Crippen LogP contribution in [0.25, 0.3) is 0 Å². The van der Waals surface area contributed by atoms with Crippen LogP contribution in [0.3, 0.4) is 0 Å². The Morgan fingerprint density at radius 1 is 1.11 bits per heavy atom. The van der Waals surface area contributed by atoms with Crippen molar-refractivity contribution in [2.24, 2.45) is 5.41 Å². The summed E-state index contributed by atoms with van der Waals surface area (Å²) in [4.78, 5) is 0. The van der Waals surface area contributed by atoms with Gasteiger partial charge in [0.2, 0.25) is 0 Å². The van der Waals surface area contributed by atoms with Crippen molar-refractivity contribution in [2.45, 2.75) is 63.9 Å². The Morgan fingerprint density at radius 2 is 1.74 bits per heavy atom. The SMILES string of the molecule is CC1(C)CCC(c2ccc(C3(O)CC3)cc2Cl)CC1. The van der Waals surface area contributed by atoms with Gasteiger partial charge in [-0.1, -0.05) is 37.6 Å². The van der Waals surface area contributed by atoms with Crippen molar-refractivity contribution < 1.29 is 5.11 Å². The van der Waals surface area contributed by atoms with E-state index in [1.807, 2.05) is 6.07 Å². The monoisotopic (exact) mass is 278 g/mol. The Balaban J connectivity index is 1.78. The number of benzene rings is 1. The largest absolute Gasteiger partial charge is 0.385 e. The van der Waals surface area contributed by atoms with Crippen molar-refractivity contribution >= 4 is 11.6 Å². The highest BCUT2D eigenvalue weighted by Gasteiger charge is 2.42. The van der Waals surface area contributed by atoms with Gasteiger partial charge in [0.1, 0.15) is 0 Å². The predicted octanol–water partition coefficient (Wildman–Crippen LogP) is 5.01. The summed E-state index contributed by atoms with van der Waals surface area (Å²) in [5.74, 6) is 0.600. The molecule has 1 N–H and O–H groups in total. The molecule has 0 spiro atoms. The fourth-order valence-electron chi connectivity index (χ4n) is 3.27. The van der Waals surface area contributed by atoms with Gasteiger partial charge < -0.3 is 5.11 Å². The molecule has 0 radical (unpaired) electrons. The van der Waals surface area contributed by atoms with Gasteiger partial charge in [-0.3, -0.25) is 0 Å². The highest BCUT2D eigenvalue weighted by Crippen LogP contribution is 2.48. The lowest BCUT2D eigenvalue weighted by atomic mass is 9.71. The molecular weight excluding hydrogens is 256 g/mol. The van der Waals surface area contributed by atoms with Gasteiger partial charge in [-0.15, -0.1) is 0 Å². The summed E-state index contributed by atoms with van der Waals surface area (Å²) in [5.41, 5.74) is 2.20.